The van der Waals surface area contributed by atoms with Crippen LogP contribution in [-0.2, 0) is 11.3 Å². The molecule has 0 spiro atoms. The molecular weight excluding hydrogens is 362 g/mol. The maximum atomic E-state index is 12.3. The number of amides is 1. The van der Waals surface area contributed by atoms with Crippen molar-refractivity contribution in [3.8, 4) is 5.75 Å². The third-order valence-corrected chi connectivity index (χ3v) is 5.23. The Labute approximate surface area is 161 Å². The summed E-state index contributed by atoms with van der Waals surface area (Å²) in [7, 11) is 1.58. The summed E-state index contributed by atoms with van der Waals surface area (Å²) in [4.78, 5) is 14.4. The fourth-order valence-electron chi connectivity index (χ4n) is 3.00. The number of anilines is 3. The highest BCUT2D eigenvalue weighted by atomic mass is 32.2. The van der Waals surface area contributed by atoms with E-state index in [9.17, 15) is 4.79 Å². The normalized spacial score (nSPS) is 12.7. The van der Waals surface area contributed by atoms with Gasteiger partial charge in [0, 0.05) is 18.8 Å². The van der Waals surface area contributed by atoms with Crippen molar-refractivity contribution in [2.45, 2.75) is 11.7 Å². The van der Waals surface area contributed by atoms with E-state index < -0.39 is 0 Å². The molecule has 0 fully saturated rings. The smallest absolute Gasteiger partial charge is 0.234 e. The summed E-state index contributed by atoms with van der Waals surface area (Å²) in [5.41, 5.74) is 1.75. The average Bonchev–Trinajstić information content (AvgIpc) is 3.30. The van der Waals surface area contributed by atoms with E-state index in [1.54, 1.807) is 7.11 Å². The molecule has 0 saturated carbocycles. The van der Waals surface area contributed by atoms with Crippen LogP contribution in [0.4, 0.5) is 17.3 Å². The highest BCUT2D eigenvalue weighted by molar-refractivity contribution is 7.99. The quantitative estimate of drug-likeness (QED) is 0.661. The first kappa shape index (κ1) is 17.4. The van der Waals surface area contributed by atoms with Gasteiger partial charge in [-0.05, 0) is 24.3 Å². The second-order valence-electron chi connectivity index (χ2n) is 5.96. The molecule has 138 valence electrons. The van der Waals surface area contributed by atoms with Gasteiger partial charge < -0.3 is 15.0 Å². The fourth-order valence-corrected chi connectivity index (χ4v) is 3.76. The predicted octanol–water partition coefficient (Wildman–Crippen LogP) is 3.17. The molecule has 1 aromatic heterocycles. The lowest BCUT2D eigenvalue weighted by atomic mass is 10.3. The standard InChI is InChI=1S/C19H19N5O2S/c1-26-16-10-6-5-9-15(16)20-17(25)13-27-19-22-21-18-23(11-12-24(18)19)14-7-3-2-4-8-14/h2-10H,11-13H2,1H3,(H,20,25). The van der Waals surface area contributed by atoms with Gasteiger partial charge in [0.25, 0.3) is 0 Å². The number of nitrogens with zero attached hydrogens (tertiary/aromatic N) is 4. The number of thioether (sulfide) groups is 1. The molecule has 7 nitrogen and oxygen atoms in total. The van der Waals surface area contributed by atoms with Gasteiger partial charge in [-0.3, -0.25) is 9.36 Å². The van der Waals surface area contributed by atoms with Crippen molar-refractivity contribution in [2.24, 2.45) is 0 Å². The van der Waals surface area contributed by atoms with Crippen molar-refractivity contribution in [2.75, 3.05) is 29.6 Å². The van der Waals surface area contributed by atoms with Crippen LogP contribution in [0.15, 0.2) is 59.8 Å². The van der Waals surface area contributed by atoms with E-state index in [0.29, 0.717) is 11.4 Å². The third-order valence-electron chi connectivity index (χ3n) is 4.27. The molecule has 2 aromatic carbocycles. The van der Waals surface area contributed by atoms with E-state index in [1.165, 1.54) is 11.8 Å². The van der Waals surface area contributed by atoms with Crippen molar-refractivity contribution in [3.05, 3.63) is 54.6 Å². The van der Waals surface area contributed by atoms with E-state index in [0.717, 1.165) is 29.9 Å². The number of rotatable bonds is 6. The SMILES string of the molecule is COc1ccccc1NC(=O)CSc1nnc2n1CCN2c1ccccc1. The molecule has 1 aliphatic rings. The maximum absolute atomic E-state index is 12.3. The molecule has 2 heterocycles. The second kappa shape index (κ2) is 7.71. The van der Waals surface area contributed by atoms with Gasteiger partial charge in [0.05, 0.1) is 18.6 Å². The molecule has 0 unspecified atom stereocenters. The topological polar surface area (TPSA) is 72.3 Å². The van der Waals surface area contributed by atoms with Gasteiger partial charge in [-0.1, -0.05) is 42.1 Å². The summed E-state index contributed by atoms with van der Waals surface area (Å²) < 4.78 is 7.31. The summed E-state index contributed by atoms with van der Waals surface area (Å²) in [6.45, 7) is 1.64. The van der Waals surface area contributed by atoms with Crippen LogP contribution in [0.2, 0.25) is 0 Å². The van der Waals surface area contributed by atoms with Crippen molar-refractivity contribution in [3.63, 3.8) is 0 Å². The zero-order chi connectivity index (χ0) is 18.6. The summed E-state index contributed by atoms with van der Waals surface area (Å²) in [5, 5.41) is 12.2. The Hall–Kier alpha value is -3.00. The van der Waals surface area contributed by atoms with Gasteiger partial charge in [-0.25, -0.2) is 0 Å². The molecule has 4 rings (SSSR count). The molecule has 3 aromatic rings. The number of para-hydroxylation sites is 3. The Morgan fingerprint density at radius 3 is 2.70 bits per heavy atom. The van der Waals surface area contributed by atoms with E-state index in [2.05, 4.69) is 32.5 Å². The highest BCUT2D eigenvalue weighted by Gasteiger charge is 2.26. The Morgan fingerprint density at radius 2 is 1.89 bits per heavy atom. The Kier molecular flexibility index (Phi) is 4.97. The van der Waals surface area contributed by atoms with Crippen molar-refractivity contribution >= 4 is 35.0 Å². The van der Waals surface area contributed by atoms with Gasteiger partial charge in [-0.2, -0.15) is 0 Å². The van der Waals surface area contributed by atoms with E-state index in [4.69, 9.17) is 4.74 Å². The van der Waals surface area contributed by atoms with Gasteiger partial charge in [0.1, 0.15) is 5.75 Å². The average molecular weight is 381 g/mol. The molecule has 0 atom stereocenters. The van der Waals surface area contributed by atoms with Crippen LogP contribution in [0.25, 0.3) is 0 Å². The first-order chi connectivity index (χ1) is 13.3. The molecular formula is C19H19N5O2S. The molecule has 8 heteroatoms. The predicted molar refractivity (Wildman–Crippen MR) is 106 cm³/mol. The zero-order valence-corrected chi connectivity index (χ0v) is 15.6. The lowest BCUT2D eigenvalue weighted by Crippen LogP contribution is -2.15. The summed E-state index contributed by atoms with van der Waals surface area (Å²) in [6.07, 6.45) is 0. The summed E-state index contributed by atoms with van der Waals surface area (Å²) >= 11 is 1.38. The largest absolute Gasteiger partial charge is 0.495 e. The molecule has 0 saturated heterocycles. The molecule has 0 radical (unpaired) electrons. The summed E-state index contributed by atoms with van der Waals surface area (Å²) in [6, 6.07) is 17.5. The van der Waals surface area contributed by atoms with Gasteiger partial charge in [0.15, 0.2) is 5.16 Å². The minimum absolute atomic E-state index is 0.111. The molecule has 0 aliphatic carbocycles. The molecule has 1 N–H and O–H groups in total. The lowest BCUT2D eigenvalue weighted by Gasteiger charge is -2.14. The van der Waals surface area contributed by atoms with Crippen LogP contribution >= 0.6 is 11.8 Å². The highest BCUT2D eigenvalue weighted by Crippen LogP contribution is 2.32. The van der Waals surface area contributed by atoms with Crippen LogP contribution in [0.3, 0.4) is 0 Å². The third kappa shape index (κ3) is 3.61. The minimum Gasteiger partial charge on any atom is -0.495 e. The maximum Gasteiger partial charge on any atom is 0.234 e. The van der Waals surface area contributed by atoms with Gasteiger partial charge >= 0.3 is 0 Å². The van der Waals surface area contributed by atoms with Crippen LogP contribution in [0, 0.1) is 0 Å². The van der Waals surface area contributed by atoms with E-state index in [-0.39, 0.29) is 11.7 Å². The number of nitrogens with one attached hydrogen (secondary N) is 1. The van der Waals surface area contributed by atoms with Crippen LogP contribution in [0.1, 0.15) is 0 Å². The number of aromatic nitrogens is 3. The minimum atomic E-state index is -0.111. The van der Waals surface area contributed by atoms with Crippen LogP contribution in [0.5, 0.6) is 5.75 Å². The van der Waals surface area contributed by atoms with Crippen molar-refractivity contribution < 1.29 is 9.53 Å². The lowest BCUT2D eigenvalue weighted by molar-refractivity contribution is -0.113. The Balaban J connectivity index is 1.41. The van der Waals surface area contributed by atoms with E-state index >= 15 is 0 Å². The first-order valence-electron chi connectivity index (χ1n) is 8.57. The number of methoxy groups -OCH3 is 1. The van der Waals surface area contributed by atoms with Gasteiger partial charge in [0.2, 0.25) is 11.9 Å². The Morgan fingerprint density at radius 1 is 1.11 bits per heavy atom. The monoisotopic (exact) mass is 381 g/mol. The number of fused-ring (bicyclic) bond motifs is 1. The number of carbonyl (C=O) groups is 1. The number of hydrogen-bond acceptors (Lipinski definition) is 6. The molecule has 1 aliphatic heterocycles. The second-order valence-corrected chi connectivity index (χ2v) is 6.90. The summed E-state index contributed by atoms with van der Waals surface area (Å²) in [5.74, 6) is 1.59. The number of carbonyl (C=O) groups excluding carboxylic acids is 1. The molecule has 1 amide bonds. The molecule has 27 heavy (non-hydrogen) atoms. The first-order valence-corrected chi connectivity index (χ1v) is 9.56. The number of benzene rings is 2. The number of ether oxygens (including phenoxy) is 1. The van der Waals surface area contributed by atoms with Crippen molar-refractivity contribution in [1.29, 1.82) is 0 Å². The van der Waals surface area contributed by atoms with Gasteiger partial charge in [-0.15, -0.1) is 10.2 Å². The van der Waals surface area contributed by atoms with Crippen molar-refractivity contribution in [1.82, 2.24) is 14.8 Å². The number of hydrogen-bond donors (Lipinski definition) is 1. The van der Waals surface area contributed by atoms with E-state index in [1.807, 2.05) is 47.0 Å². The van der Waals surface area contributed by atoms with Crippen LogP contribution < -0.4 is 15.0 Å². The Bertz CT molecular complexity index is 944. The van der Waals surface area contributed by atoms with Crippen LogP contribution in [-0.4, -0.2) is 40.1 Å². The zero-order valence-electron chi connectivity index (χ0n) is 14.8. The molecule has 0 bridgehead atoms. The fraction of sp³-hybridized carbons (Fsp3) is 0.211.